The topological polar surface area (TPSA) is 80.2 Å². The average molecular weight is 363 g/mol. The third kappa shape index (κ3) is 5.12. The van der Waals surface area contributed by atoms with Gasteiger partial charge in [-0.2, -0.15) is 5.10 Å². The van der Waals surface area contributed by atoms with Crippen molar-refractivity contribution < 1.29 is 19.4 Å². The van der Waals surface area contributed by atoms with E-state index in [0.717, 1.165) is 11.1 Å². The van der Waals surface area contributed by atoms with Crippen LogP contribution in [0.4, 0.5) is 0 Å². The number of methoxy groups -OCH3 is 1. The zero-order valence-corrected chi connectivity index (χ0v) is 14.9. The lowest BCUT2D eigenvalue weighted by atomic mass is 10.1. The predicted octanol–water partition coefficient (Wildman–Crippen LogP) is 3.20. The lowest BCUT2D eigenvalue weighted by Crippen LogP contribution is -2.24. The first-order valence-corrected chi connectivity index (χ1v) is 7.87. The van der Waals surface area contributed by atoms with E-state index in [1.165, 1.54) is 19.4 Å². The molecule has 0 radical (unpaired) electrons. The Bertz CT molecular complexity index is 806. The molecule has 0 fully saturated rings. The van der Waals surface area contributed by atoms with Gasteiger partial charge in [-0.05, 0) is 43.2 Å². The molecule has 0 aliphatic heterocycles. The van der Waals surface area contributed by atoms with Crippen molar-refractivity contribution >= 4 is 23.7 Å². The summed E-state index contributed by atoms with van der Waals surface area (Å²) < 4.78 is 10.5. The minimum absolute atomic E-state index is 0.130. The van der Waals surface area contributed by atoms with Gasteiger partial charge in [-0.25, -0.2) is 5.43 Å². The Hall–Kier alpha value is -2.73. The van der Waals surface area contributed by atoms with Crippen molar-refractivity contribution in [1.29, 1.82) is 0 Å². The van der Waals surface area contributed by atoms with Crippen LogP contribution < -0.4 is 14.9 Å². The van der Waals surface area contributed by atoms with E-state index in [4.69, 9.17) is 21.1 Å². The maximum Gasteiger partial charge on any atom is 0.277 e. The fourth-order valence-electron chi connectivity index (χ4n) is 2.14. The Kier molecular flexibility index (Phi) is 6.25. The van der Waals surface area contributed by atoms with E-state index in [9.17, 15) is 9.90 Å². The van der Waals surface area contributed by atoms with Gasteiger partial charge in [0.15, 0.2) is 18.1 Å². The Morgan fingerprint density at radius 2 is 2.04 bits per heavy atom. The van der Waals surface area contributed by atoms with Gasteiger partial charge in [-0.1, -0.05) is 29.3 Å². The number of hydrogen-bond acceptors (Lipinski definition) is 5. The molecule has 2 rings (SSSR count). The van der Waals surface area contributed by atoms with Crippen molar-refractivity contribution in [1.82, 2.24) is 5.43 Å². The van der Waals surface area contributed by atoms with E-state index in [2.05, 4.69) is 10.5 Å². The number of hydrazone groups is 1. The molecule has 2 aromatic carbocycles. The number of aryl methyl sites for hydroxylation is 2. The molecule has 0 aromatic heterocycles. The number of hydrogen-bond donors (Lipinski definition) is 2. The lowest BCUT2D eigenvalue weighted by molar-refractivity contribution is -0.123. The van der Waals surface area contributed by atoms with Gasteiger partial charge < -0.3 is 14.6 Å². The summed E-state index contributed by atoms with van der Waals surface area (Å²) in [5.74, 6) is 0.332. The summed E-state index contributed by atoms with van der Waals surface area (Å²) >= 11 is 5.88. The van der Waals surface area contributed by atoms with Gasteiger partial charge in [0.1, 0.15) is 5.75 Å². The largest absolute Gasteiger partial charge is 0.503 e. The lowest BCUT2D eigenvalue weighted by Gasteiger charge is -2.08. The molecule has 2 N–H and O–H groups in total. The van der Waals surface area contributed by atoms with E-state index < -0.39 is 5.91 Å². The van der Waals surface area contributed by atoms with Crippen molar-refractivity contribution in [2.45, 2.75) is 13.8 Å². The second kappa shape index (κ2) is 8.39. The molecule has 0 saturated carbocycles. The van der Waals surface area contributed by atoms with Gasteiger partial charge in [-0.3, -0.25) is 4.79 Å². The van der Waals surface area contributed by atoms with Crippen LogP contribution in [0.5, 0.6) is 17.2 Å². The van der Waals surface area contributed by atoms with Crippen molar-refractivity contribution in [3.63, 3.8) is 0 Å². The number of amides is 1. The van der Waals surface area contributed by atoms with E-state index >= 15 is 0 Å². The van der Waals surface area contributed by atoms with Gasteiger partial charge >= 0.3 is 0 Å². The number of halogens is 1. The van der Waals surface area contributed by atoms with Gasteiger partial charge in [0.2, 0.25) is 0 Å². The van der Waals surface area contributed by atoms with E-state index in [-0.39, 0.29) is 23.1 Å². The number of phenolic OH excluding ortho intramolecular Hbond substituents is 1. The number of aromatic hydroxyl groups is 1. The minimum atomic E-state index is -0.395. The van der Waals surface area contributed by atoms with E-state index in [1.807, 2.05) is 32.0 Å². The molecular weight excluding hydrogens is 344 g/mol. The molecule has 0 bridgehead atoms. The molecule has 0 spiro atoms. The molecule has 0 aliphatic carbocycles. The number of phenols is 1. The Labute approximate surface area is 151 Å². The maximum atomic E-state index is 11.8. The van der Waals surface area contributed by atoms with Crippen molar-refractivity contribution in [2.24, 2.45) is 5.10 Å². The van der Waals surface area contributed by atoms with Crippen LogP contribution in [0.1, 0.15) is 16.7 Å². The van der Waals surface area contributed by atoms with Crippen LogP contribution >= 0.6 is 11.6 Å². The summed E-state index contributed by atoms with van der Waals surface area (Å²) in [6, 6.07) is 8.77. The standard InChI is InChI=1S/C18H19ClN2O4/c1-11-4-5-15(12(2)6-11)25-10-17(22)21-20-9-13-7-14(19)18(23)16(8-13)24-3/h4-9,23H,10H2,1-3H3,(H,21,22)/b20-9-. The van der Waals surface area contributed by atoms with Crippen LogP contribution in [0.3, 0.4) is 0 Å². The highest BCUT2D eigenvalue weighted by atomic mass is 35.5. The van der Waals surface area contributed by atoms with Crippen molar-refractivity contribution in [2.75, 3.05) is 13.7 Å². The Morgan fingerprint density at radius 3 is 2.72 bits per heavy atom. The van der Waals surface area contributed by atoms with Gasteiger partial charge in [-0.15, -0.1) is 0 Å². The molecule has 0 saturated heterocycles. The molecule has 0 aliphatic rings. The van der Waals surface area contributed by atoms with Crippen molar-refractivity contribution in [3.05, 3.63) is 52.0 Å². The molecule has 1 amide bonds. The smallest absolute Gasteiger partial charge is 0.277 e. The van der Waals surface area contributed by atoms with Crippen LogP contribution in [0.25, 0.3) is 0 Å². The maximum absolute atomic E-state index is 11.8. The number of ether oxygens (including phenoxy) is 2. The fourth-order valence-corrected chi connectivity index (χ4v) is 2.36. The molecule has 132 valence electrons. The summed E-state index contributed by atoms with van der Waals surface area (Å²) in [6.45, 7) is 3.75. The summed E-state index contributed by atoms with van der Waals surface area (Å²) in [6.07, 6.45) is 1.39. The third-order valence-corrected chi connectivity index (χ3v) is 3.65. The highest BCUT2D eigenvalue weighted by molar-refractivity contribution is 6.32. The van der Waals surface area contributed by atoms with Gasteiger partial charge in [0.05, 0.1) is 18.3 Å². The first kappa shape index (κ1) is 18.6. The second-order valence-electron chi connectivity index (χ2n) is 5.40. The zero-order valence-electron chi connectivity index (χ0n) is 14.2. The summed E-state index contributed by atoms with van der Waals surface area (Å²) in [5.41, 5.74) is 5.01. The molecule has 6 nitrogen and oxygen atoms in total. The zero-order chi connectivity index (χ0) is 18.4. The number of rotatable bonds is 6. The van der Waals surface area contributed by atoms with Gasteiger partial charge in [0.25, 0.3) is 5.91 Å². The first-order chi connectivity index (χ1) is 11.9. The van der Waals surface area contributed by atoms with Crippen LogP contribution in [-0.2, 0) is 4.79 Å². The monoisotopic (exact) mass is 362 g/mol. The fraction of sp³-hybridized carbons (Fsp3) is 0.222. The average Bonchev–Trinajstić information content (AvgIpc) is 2.57. The number of nitrogens with one attached hydrogen (secondary N) is 1. The minimum Gasteiger partial charge on any atom is -0.503 e. The highest BCUT2D eigenvalue weighted by Crippen LogP contribution is 2.34. The number of nitrogens with zero attached hydrogens (tertiary/aromatic N) is 1. The number of carbonyl (C=O) groups is 1. The summed E-state index contributed by atoms with van der Waals surface area (Å²) in [4.78, 5) is 11.8. The van der Waals surface area contributed by atoms with Crippen LogP contribution in [0.2, 0.25) is 5.02 Å². The van der Waals surface area contributed by atoms with E-state index in [0.29, 0.717) is 11.3 Å². The third-order valence-electron chi connectivity index (χ3n) is 3.36. The molecular formula is C18H19ClN2O4. The number of benzene rings is 2. The van der Waals surface area contributed by atoms with Crippen LogP contribution in [0, 0.1) is 13.8 Å². The molecule has 0 atom stereocenters. The molecule has 0 heterocycles. The summed E-state index contributed by atoms with van der Waals surface area (Å²) in [7, 11) is 1.42. The Morgan fingerprint density at radius 1 is 1.28 bits per heavy atom. The molecule has 0 unspecified atom stereocenters. The van der Waals surface area contributed by atoms with Crippen LogP contribution in [-0.4, -0.2) is 30.9 Å². The molecule has 7 heteroatoms. The molecule has 25 heavy (non-hydrogen) atoms. The molecule has 2 aromatic rings. The normalized spacial score (nSPS) is 10.7. The van der Waals surface area contributed by atoms with E-state index in [1.54, 1.807) is 6.07 Å². The summed E-state index contributed by atoms with van der Waals surface area (Å²) in [5, 5.41) is 13.6. The first-order valence-electron chi connectivity index (χ1n) is 7.49. The SMILES string of the molecule is COc1cc(/C=N\NC(=O)COc2ccc(C)cc2C)cc(Cl)c1O. The predicted molar refractivity (Wildman–Crippen MR) is 96.8 cm³/mol. The Balaban J connectivity index is 1.91. The number of carbonyl (C=O) groups excluding carboxylic acids is 1. The van der Waals surface area contributed by atoms with Gasteiger partial charge in [0, 0.05) is 0 Å². The quantitative estimate of drug-likeness (QED) is 0.611. The van der Waals surface area contributed by atoms with Crippen molar-refractivity contribution in [3.8, 4) is 17.2 Å². The highest BCUT2D eigenvalue weighted by Gasteiger charge is 2.08. The second-order valence-corrected chi connectivity index (χ2v) is 5.81. The van der Waals surface area contributed by atoms with Crippen LogP contribution in [0.15, 0.2) is 35.4 Å².